The van der Waals surface area contributed by atoms with Crippen LogP contribution in [-0.4, -0.2) is 25.3 Å². The normalized spacial score (nSPS) is 46.4. The maximum absolute atomic E-state index is 5.63. The molecule has 10 heavy (non-hydrogen) atoms. The number of fused-ring (bicyclic) bond motifs is 2. The van der Waals surface area contributed by atoms with E-state index in [9.17, 15) is 0 Å². The van der Waals surface area contributed by atoms with Crippen LogP contribution in [0.15, 0.2) is 12.2 Å². The molecule has 2 nitrogen and oxygen atoms in total. The first-order valence-corrected chi connectivity index (χ1v) is 3.96. The lowest BCUT2D eigenvalue weighted by molar-refractivity contribution is 0.0774. The highest BCUT2D eigenvalue weighted by atomic mass is 16.5. The SMILES string of the molecule is C1=CC12CNC1CCOC12. The summed E-state index contributed by atoms with van der Waals surface area (Å²) in [5, 5.41) is 3.48. The Morgan fingerprint density at radius 3 is 3.20 bits per heavy atom. The minimum Gasteiger partial charge on any atom is -0.375 e. The molecule has 2 aliphatic heterocycles. The number of hydrogen-bond acceptors (Lipinski definition) is 2. The van der Waals surface area contributed by atoms with Crippen LogP contribution in [0.2, 0.25) is 0 Å². The standard InChI is InChI=1S/C8H11NO/c1-4-10-7-6(1)9-5-8(7)2-3-8/h2-3,6-7,9H,1,4-5H2. The zero-order valence-corrected chi connectivity index (χ0v) is 5.84. The molecule has 0 amide bonds. The Labute approximate surface area is 60.3 Å². The molecule has 2 saturated heterocycles. The fraction of sp³-hybridized carbons (Fsp3) is 0.750. The molecule has 1 N–H and O–H groups in total. The van der Waals surface area contributed by atoms with Crippen molar-refractivity contribution >= 4 is 0 Å². The second-order valence-electron chi connectivity index (χ2n) is 3.51. The summed E-state index contributed by atoms with van der Waals surface area (Å²) in [6, 6.07) is 0.648. The third-order valence-corrected chi connectivity index (χ3v) is 2.89. The molecular formula is C8H11NO. The van der Waals surface area contributed by atoms with Crippen LogP contribution in [0, 0.1) is 5.41 Å². The lowest BCUT2D eigenvalue weighted by Crippen LogP contribution is -2.27. The third-order valence-electron chi connectivity index (χ3n) is 2.89. The molecule has 2 heterocycles. The van der Waals surface area contributed by atoms with E-state index < -0.39 is 0 Å². The van der Waals surface area contributed by atoms with Gasteiger partial charge in [-0.2, -0.15) is 0 Å². The van der Waals surface area contributed by atoms with Crippen LogP contribution in [-0.2, 0) is 4.74 Å². The van der Waals surface area contributed by atoms with Gasteiger partial charge in [0.1, 0.15) is 0 Å². The van der Waals surface area contributed by atoms with Crippen molar-refractivity contribution in [2.75, 3.05) is 13.2 Å². The highest BCUT2D eigenvalue weighted by molar-refractivity contribution is 5.34. The van der Waals surface area contributed by atoms with Gasteiger partial charge in [0.15, 0.2) is 0 Å². The van der Waals surface area contributed by atoms with E-state index in [0.717, 1.165) is 13.2 Å². The Kier molecular flexibility index (Phi) is 0.778. The Morgan fingerprint density at radius 1 is 1.50 bits per heavy atom. The molecule has 3 aliphatic rings. The van der Waals surface area contributed by atoms with Crippen molar-refractivity contribution in [3.8, 4) is 0 Å². The van der Waals surface area contributed by atoms with Gasteiger partial charge in [-0.05, 0) is 6.42 Å². The summed E-state index contributed by atoms with van der Waals surface area (Å²) >= 11 is 0. The molecule has 0 aromatic carbocycles. The van der Waals surface area contributed by atoms with Gasteiger partial charge >= 0.3 is 0 Å². The molecule has 2 unspecified atom stereocenters. The lowest BCUT2D eigenvalue weighted by atomic mass is 9.97. The molecule has 3 rings (SSSR count). The van der Waals surface area contributed by atoms with E-state index in [1.807, 2.05) is 0 Å². The lowest BCUT2D eigenvalue weighted by Gasteiger charge is -2.14. The Balaban J connectivity index is 1.91. The van der Waals surface area contributed by atoms with Gasteiger partial charge in [-0.25, -0.2) is 0 Å². The zero-order chi connectivity index (χ0) is 6.60. The van der Waals surface area contributed by atoms with Crippen LogP contribution < -0.4 is 5.32 Å². The van der Waals surface area contributed by atoms with Crippen molar-refractivity contribution in [1.82, 2.24) is 5.32 Å². The minimum absolute atomic E-state index is 0.362. The van der Waals surface area contributed by atoms with E-state index in [-0.39, 0.29) is 0 Å². The summed E-state index contributed by atoms with van der Waals surface area (Å²) in [6.07, 6.45) is 6.23. The first-order valence-electron chi connectivity index (χ1n) is 3.96. The van der Waals surface area contributed by atoms with Gasteiger partial charge in [0, 0.05) is 24.6 Å². The highest BCUT2D eigenvalue weighted by Crippen LogP contribution is 2.47. The molecular weight excluding hydrogens is 126 g/mol. The van der Waals surface area contributed by atoms with Crippen LogP contribution in [0.1, 0.15) is 6.42 Å². The average Bonchev–Trinajstić information content (AvgIpc) is 2.40. The molecule has 0 radical (unpaired) electrons. The minimum atomic E-state index is 0.362. The fourth-order valence-corrected chi connectivity index (χ4v) is 2.15. The number of nitrogens with one attached hydrogen (secondary N) is 1. The molecule has 1 aliphatic carbocycles. The molecule has 1 spiro atoms. The third kappa shape index (κ3) is 0.478. The highest BCUT2D eigenvalue weighted by Gasteiger charge is 2.53. The van der Waals surface area contributed by atoms with Crippen molar-refractivity contribution in [3.05, 3.63) is 12.2 Å². The van der Waals surface area contributed by atoms with Crippen LogP contribution in [0.25, 0.3) is 0 Å². The number of rotatable bonds is 0. The van der Waals surface area contributed by atoms with Gasteiger partial charge in [-0.3, -0.25) is 0 Å². The maximum atomic E-state index is 5.63. The van der Waals surface area contributed by atoms with E-state index in [4.69, 9.17) is 4.74 Å². The van der Waals surface area contributed by atoms with Crippen molar-refractivity contribution in [2.45, 2.75) is 18.6 Å². The summed E-state index contributed by atoms with van der Waals surface area (Å²) in [6.45, 7) is 2.06. The summed E-state index contributed by atoms with van der Waals surface area (Å²) in [5.41, 5.74) is 0.362. The van der Waals surface area contributed by atoms with E-state index >= 15 is 0 Å². The predicted octanol–water partition coefficient (Wildman–Crippen LogP) is 0.303. The van der Waals surface area contributed by atoms with E-state index in [0.29, 0.717) is 17.6 Å². The van der Waals surface area contributed by atoms with E-state index in [1.165, 1.54) is 6.42 Å². The van der Waals surface area contributed by atoms with Crippen molar-refractivity contribution in [2.24, 2.45) is 5.41 Å². The second-order valence-corrected chi connectivity index (χ2v) is 3.51. The molecule has 0 aromatic rings. The quantitative estimate of drug-likeness (QED) is 0.485. The topological polar surface area (TPSA) is 21.3 Å². The van der Waals surface area contributed by atoms with E-state index in [1.54, 1.807) is 0 Å². The summed E-state index contributed by atoms with van der Waals surface area (Å²) in [7, 11) is 0. The van der Waals surface area contributed by atoms with Gasteiger partial charge in [-0.15, -0.1) is 0 Å². The summed E-state index contributed by atoms with van der Waals surface area (Å²) in [4.78, 5) is 0. The van der Waals surface area contributed by atoms with Crippen LogP contribution in [0.3, 0.4) is 0 Å². The van der Waals surface area contributed by atoms with E-state index in [2.05, 4.69) is 17.5 Å². The van der Waals surface area contributed by atoms with Gasteiger partial charge in [0.2, 0.25) is 0 Å². The summed E-state index contributed by atoms with van der Waals surface area (Å²) in [5.74, 6) is 0. The van der Waals surface area contributed by atoms with Crippen LogP contribution in [0.4, 0.5) is 0 Å². The molecule has 0 aromatic heterocycles. The first-order chi connectivity index (χ1) is 4.91. The molecule has 2 fully saturated rings. The second kappa shape index (κ2) is 1.46. The van der Waals surface area contributed by atoms with Crippen molar-refractivity contribution in [1.29, 1.82) is 0 Å². The molecule has 0 bridgehead atoms. The Bertz CT molecular complexity index is 193. The number of hydrogen-bond donors (Lipinski definition) is 1. The fourth-order valence-electron chi connectivity index (χ4n) is 2.15. The largest absolute Gasteiger partial charge is 0.375 e. The predicted molar refractivity (Wildman–Crippen MR) is 37.7 cm³/mol. The first kappa shape index (κ1) is 5.33. The molecule has 2 atom stereocenters. The molecule has 54 valence electrons. The van der Waals surface area contributed by atoms with Crippen molar-refractivity contribution < 1.29 is 4.74 Å². The van der Waals surface area contributed by atoms with Gasteiger partial charge < -0.3 is 10.1 Å². The van der Waals surface area contributed by atoms with Gasteiger partial charge in [0.25, 0.3) is 0 Å². The number of ether oxygens (including phenoxy) is 1. The Hall–Kier alpha value is -0.340. The van der Waals surface area contributed by atoms with Crippen LogP contribution in [0.5, 0.6) is 0 Å². The molecule has 2 heteroatoms. The average molecular weight is 137 g/mol. The smallest absolute Gasteiger partial charge is 0.0866 e. The van der Waals surface area contributed by atoms with Crippen LogP contribution >= 0.6 is 0 Å². The summed E-state index contributed by atoms with van der Waals surface area (Å²) < 4.78 is 5.63. The van der Waals surface area contributed by atoms with Crippen molar-refractivity contribution in [3.63, 3.8) is 0 Å². The van der Waals surface area contributed by atoms with Gasteiger partial charge in [-0.1, -0.05) is 12.2 Å². The molecule has 0 saturated carbocycles. The Morgan fingerprint density at radius 2 is 2.40 bits per heavy atom. The monoisotopic (exact) mass is 137 g/mol. The van der Waals surface area contributed by atoms with Gasteiger partial charge in [0.05, 0.1) is 6.10 Å². The maximum Gasteiger partial charge on any atom is 0.0866 e. The zero-order valence-electron chi connectivity index (χ0n) is 5.84.